The van der Waals surface area contributed by atoms with E-state index >= 15 is 0 Å². The second-order valence-corrected chi connectivity index (χ2v) is 13.2. The first-order chi connectivity index (χ1) is 26.8. The van der Waals surface area contributed by atoms with Crippen molar-refractivity contribution >= 4 is 0 Å². The van der Waals surface area contributed by atoms with Gasteiger partial charge in [-0.15, -0.1) is 0 Å². The second-order valence-electron chi connectivity index (χ2n) is 13.2. The molecule has 0 unspecified atom stereocenters. The maximum Gasteiger partial charge on any atom is 0.164 e. The zero-order chi connectivity index (χ0) is 36.1. The summed E-state index contributed by atoms with van der Waals surface area (Å²) in [5.41, 5.74) is 14.1. The van der Waals surface area contributed by atoms with Crippen LogP contribution in [0.1, 0.15) is 0 Å². The first kappa shape index (κ1) is 32.7. The number of benzene rings is 8. The molecule has 1 aromatic heterocycles. The molecule has 54 heavy (non-hydrogen) atoms. The Balaban J connectivity index is 1.21. The molecule has 0 radical (unpaired) electrons. The van der Waals surface area contributed by atoms with E-state index in [1.165, 1.54) is 11.1 Å². The molecule has 0 saturated carbocycles. The van der Waals surface area contributed by atoms with Crippen LogP contribution in [0.4, 0.5) is 0 Å². The molecule has 0 aliphatic heterocycles. The molecule has 0 bridgehead atoms. The molecule has 0 aliphatic carbocycles. The first-order valence-electron chi connectivity index (χ1n) is 18.2. The topological polar surface area (TPSA) is 38.7 Å². The molecule has 0 spiro atoms. The molecule has 8 aromatic carbocycles. The van der Waals surface area contributed by atoms with Crippen molar-refractivity contribution in [3.63, 3.8) is 0 Å². The minimum atomic E-state index is 0.618. The summed E-state index contributed by atoms with van der Waals surface area (Å²) in [7, 11) is 0. The molecule has 0 N–H and O–H groups in total. The molecule has 9 aromatic rings. The predicted molar refractivity (Wildman–Crippen MR) is 223 cm³/mol. The van der Waals surface area contributed by atoms with Gasteiger partial charge in [-0.3, -0.25) is 0 Å². The number of hydrogen-bond acceptors (Lipinski definition) is 3. The van der Waals surface area contributed by atoms with Crippen molar-refractivity contribution in [3.05, 3.63) is 212 Å². The lowest BCUT2D eigenvalue weighted by Gasteiger charge is -2.16. The van der Waals surface area contributed by atoms with Crippen molar-refractivity contribution in [1.29, 1.82) is 0 Å². The van der Waals surface area contributed by atoms with Crippen molar-refractivity contribution in [1.82, 2.24) is 15.0 Å². The van der Waals surface area contributed by atoms with Crippen molar-refractivity contribution < 1.29 is 0 Å². The molecular weight excluding hydrogens is 655 g/mol. The minimum absolute atomic E-state index is 0.618. The summed E-state index contributed by atoms with van der Waals surface area (Å²) in [5.74, 6) is 1.86. The van der Waals surface area contributed by atoms with E-state index in [0.29, 0.717) is 17.5 Å². The maximum absolute atomic E-state index is 5.28. The largest absolute Gasteiger partial charge is 0.208 e. The van der Waals surface area contributed by atoms with E-state index in [-0.39, 0.29) is 0 Å². The molecule has 1 heterocycles. The molecular formula is C51H35N3. The number of rotatable bonds is 8. The average molecular weight is 690 g/mol. The Labute approximate surface area is 316 Å². The van der Waals surface area contributed by atoms with Crippen LogP contribution in [0.3, 0.4) is 0 Å². The number of nitrogens with zero attached hydrogens (tertiary/aromatic N) is 3. The lowest BCUT2D eigenvalue weighted by molar-refractivity contribution is 1.07. The van der Waals surface area contributed by atoms with Crippen LogP contribution in [0, 0.1) is 0 Å². The van der Waals surface area contributed by atoms with E-state index in [0.717, 1.165) is 61.2 Å². The van der Waals surface area contributed by atoms with Crippen LogP contribution in [0.15, 0.2) is 212 Å². The van der Waals surface area contributed by atoms with E-state index in [9.17, 15) is 0 Å². The summed E-state index contributed by atoms with van der Waals surface area (Å²) in [5, 5.41) is 0. The Hall–Kier alpha value is -7.23. The highest BCUT2D eigenvalue weighted by atomic mass is 15.0. The van der Waals surface area contributed by atoms with Gasteiger partial charge in [0, 0.05) is 16.7 Å². The van der Waals surface area contributed by atoms with Gasteiger partial charge >= 0.3 is 0 Å². The number of aromatic nitrogens is 3. The van der Waals surface area contributed by atoms with Gasteiger partial charge in [0.05, 0.1) is 0 Å². The molecule has 0 amide bonds. The lowest BCUT2D eigenvalue weighted by Crippen LogP contribution is -2.02. The van der Waals surface area contributed by atoms with E-state index in [4.69, 9.17) is 15.0 Å². The maximum atomic E-state index is 5.28. The average Bonchev–Trinajstić information content (AvgIpc) is 3.27. The van der Waals surface area contributed by atoms with Gasteiger partial charge in [-0.1, -0.05) is 206 Å². The highest BCUT2D eigenvalue weighted by molar-refractivity contribution is 5.91. The van der Waals surface area contributed by atoms with Crippen LogP contribution in [0.2, 0.25) is 0 Å². The quantitative estimate of drug-likeness (QED) is 0.159. The SMILES string of the molecule is c1ccc(-c2ccc(-c3ccccc3-c3ccccc3-c3nc(-c4cccc(-c5ccccc5)c4)nc(-c4ccccc4-c4ccccc4)n3)cc2)cc1. The highest BCUT2D eigenvalue weighted by Gasteiger charge is 2.19. The Morgan fingerprint density at radius 2 is 0.500 bits per heavy atom. The summed E-state index contributed by atoms with van der Waals surface area (Å²) in [4.78, 5) is 15.7. The fourth-order valence-corrected chi connectivity index (χ4v) is 7.12. The minimum Gasteiger partial charge on any atom is -0.208 e. The van der Waals surface area contributed by atoms with E-state index < -0.39 is 0 Å². The van der Waals surface area contributed by atoms with Crippen LogP contribution in [-0.4, -0.2) is 15.0 Å². The van der Waals surface area contributed by atoms with E-state index in [1.54, 1.807) is 0 Å². The van der Waals surface area contributed by atoms with E-state index in [2.05, 4.69) is 188 Å². The normalized spacial score (nSPS) is 11.0. The Morgan fingerprint density at radius 3 is 1.07 bits per heavy atom. The summed E-state index contributed by atoms with van der Waals surface area (Å²) >= 11 is 0. The molecule has 0 saturated heterocycles. The van der Waals surface area contributed by atoms with Crippen LogP contribution in [0.25, 0.3) is 89.8 Å². The first-order valence-corrected chi connectivity index (χ1v) is 18.2. The van der Waals surface area contributed by atoms with Gasteiger partial charge in [-0.25, -0.2) is 15.0 Å². The Kier molecular flexibility index (Phi) is 8.94. The van der Waals surface area contributed by atoms with Gasteiger partial charge in [0.15, 0.2) is 17.5 Å². The van der Waals surface area contributed by atoms with Gasteiger partial charge in [-0.2, -0.15) is 0 Å². The van der Waals surface area contributed by atoms with Crippen LogP contribution in [-0.2, 0) is 0 Å². The van der Waals surface area contributed by atoms with Crippen molar-refractivity contribution in [3.8, 4) is 89.8 Å². The lowest BCUT2D eigenvalue weighted by atomic mass is 9.91. The number of hydrogen-bond donors (Lipinski definition) is 0. The molecule has 0 atom stereocenters. The third kappa shape index (κ3) is 6.63. The standard InChI is InChI=1S/C51H35N3/c1-4-17-36(18-5-1)38-31-33-40(34-32-38)43-25-10-12-27-45(43)46-28-13-15-30-48(46)51-53-49(42-24-16-23-41(35-42)37-19-6-2-7-20-37)52-50(54-51)47-29-14-11-26-44(47)39-21-8-3-9-22-39/h1-35H. The van der Waals surface area contributed by atoms with Crippen LogP contribution >= 0.6 is 0 Å². The van der Waals surface area contributed by atoms with Crippen LogP contribution in [0.5, 0.6) is 0 Å². The third-order valence-electron chi connectivity index (χ3n) is 9.80. The monoisotopic (exact) mass is 689 g/mol. The van der Waals surface area contributed by atoms with Crippen molar-refractivity contribution in [2.24, 2.45) is 0 Å². The molecule has 3 nitrogen and oxygen atoms in total. The molecule has 0 fully saturated rings. The Morgan fingerprint density at radius 1 is 0.185 bits per heavy atom. The summed E-state index contributed by atoms with van der Waals surface area (Å²) in [6.45, 7) is 0. The predicted octanol–water partition coefficient (Wildman–Crippen LogP) is 13.2. The van der Waals surface area contributed by atoms with Crippen molar-refractivity contribution in [2.45, 2.75) is 0 Å². The summed E-state index contributed by atoms with van der Waals surface area (Å²) in [6.07, 6.45) is 0. The fraction of sp³-hybridized carbons (Fsp3) is 0. The molecule has 0 aliphatic rings. The fourth-order valence-electron chi connectivity index (χ4n) is 7.12. The summed E-state index contributed by atoms with van der Waals surface area (Å²) < 4.78 is 0. The zero-order valence-electron chi connectivity index (χ0n) is 29.5. The second kappa shape index (κ2) is 14.8. The molecule has 9 rings (SSSR count). The van der Waals surface area contributed by atoms with Crippen molar-refractivity contribution in [2.75, 3.05) is 0 Å². The van der Waals surface area contributed by atoms with Crippen LogP contribution < -0.4 is 0 Å². The molecule has 254 valence electrons. The highest BCUT2D eigenvalue weighted by Crippen LogP contribution is 2.39. The van der Waals surface area contributed by atoms with E-state index in [1.807, 2.05) is 24.3 Å². The summed E-state index contributed by atoms with van der Waals surface area (Å²) in [6, 6.07) is 74.0. The smallest absolute Gasteiger partial charge is 0.164 e. The third-order valence-corrected chi connectivity index (χ3v) is 9.80. The molecule has 3 heteroatoms. The Bertz CT molecular complexity index is 2690. The van der Waals surface area contributed by atoms with Gasteiger partial charge in [0.2, 0.25) is 0 Å². The van der Waals surface area contributed by atoms with Gasteiger partial charge in [0.25, 0.3) is 0 Å². The van der Waals surface area contributed by atoms with Gasteiger partial charge in [-0.05, 0) is 61.7 Å². The van der Waals surface area contributed by atoms with Gasteiger partial charge < -0.3 is 0 Å². The zero-order valence-corrected chi connectivity index (χ0v) is 29.5. The van der Waals surface area contributed by atoms with Gasteiger partial charge in [0.1, 0.15) is 0 Å².